The Morgan fingerprint density at radius 2 is 1.56 bits per heavy atom. The first-order valence-electron chi connectivity index (χ1n) is 8.45. The minimum absolute atomic E-state index is 0.116. The monoisotopic (exact) mass is 361 g/mol. The molecule has 0 bridgehead atoms. The van der Waals surface area contributed by atoms with E-state index < -0.39 is 10.0 Å². The van der Waals surface area contributed by atoms with E-state index in [4.69, 9.17) is 0 Å². The molecule has 0 unspecified atom stereocenters. The van der Waals surface area contributed by atoms with Crippen LogP contribution in [0.25, 0.3) is 11.1 Å². The lowest BCUT2D eigenvalue weighted by Gasteiger charge is -2.26. The van der Waals surface area contributed by atoms with Crippen molar-refractivity contribution in [2.45, 2.75) is 49.6 Å². The van der Waals surface area contributed by atoms with Crippen LogP contribution in [0, 0.1) is 6.92 Å². The number of aliphatic hydroxyl groups is 1. The molecule has 25 heavy (non-hydrogen) atoms. The molecule has 0 amide bonds. The van der Waals surface area contributed by atoms with Crippen molar-refractivity contribution in [2.75, 3.05) is 0 Å². The zero-order valence-electron chi connectivity index (χ0n) is 14.1. The summed E-state index contributed by atoms with van der Waals surface area (Å²) in [6.45, 7) is 1.99. The molecule has 1 aliphatic carbocycles. The average molecular weight is 361 g/mol. The highest BCUT2D eigenvalue weighted by molar-refractivity contribution is 7.89. The van der Waals surface area contributed by atoms with Gasteiger partial charge in [-0.15, -0.1) is 0 Å². The van der Waals surface area contributed by atoms with Crippen LogP contribution in [0.2, 0.25) is 0 Å². The minimum Gasteiger partial charge on any atom is -0.507 e. The van der Waals surface area contributed by atoms with Crippen molar-refractivity contribution in [2.24, 2.45) is 0 Å². The molecular weight excluding hydrogens is 338 g/mol. The zero-order valence-corrected chi connectivity index (χ0v) is 15.0. The predicted octanol–water partition coefficient (Wildman–Crippen LogP) is 2.95. The Kier molecular flexibility index (Phi) is 5.13. The van der Waals surface area contributed by atoms with Gasteiger partial charge in [-0.2, -0.15) is 0 Å². The molecule has 3 rings (SSSR count). The highest BCUT2D eigenvalue weighted by Gasteiger charge is 2.26. The van der Waals surface area contributed by atoms with Gasteiger partial charge in [-0.1, -0.05) is 35.9 Å². The Balaban J connectivity index is 1.81. The van der Waals surface area contributed by atoms with Crippen LogP contribution in [0.15, 0.2) is 47.4 Å². The van der Waals surface area contributed by atoms with E-state index in [-0.39, 0.29) is 22.8 Å². The van der Waals surface area contributed by atoms with Gasteiger partial charge in [0, 0.05) is 6.04 Å². The molecule has 6 heteroatoms. The molecular formula is C19H23NO4S. The molecule has 1 aliphatic rings. The van der Waals surface area contributed by atoms with Crippen LogP contribution in [0.3, 0.4) is 0 Å². The number of benzene rings is 2. The normalized spacial score (nSPS) is 21.2. The maximum Gasteiger partial charge on any atom is 0.244 e. The number of nitrogens with one attached hydrogen (secondary N) is 1. The van der Waals surface area contributed by atoms with E-state index in [9.17, 15) is 18.6 Å². The van der Waals surface area contributed by atoms with Crippen molar-refractivity contribution in [1.82, 2.24) is 4.72 Å². The second-order valence-electron chi connectivity index (χ2n) is 6.68. The summed E-state index contributed by atoms with van der Waals surface area (Å²) in [5.74, 6) is -0.263. The van der Waals surface area contributed by atoms with E-state index in [0.29, 0.717) is 25.7 Å². The Morgan fingerprint density at radius 3 is 2.16 bits per heavy atom. The summed E-state index contributed by atoms with van der Waals surface area (Å²) in [6, 6.07) is 12.2. The number of phenolic OH excluding ortho intramolecular Hbond substituents is 1. The Labute approximate surface area is 148 Å². The Morgan fingerprint density at radius 1 is 0.960 bits per heavy atom. The third-order valence-electron chi connectivity index (χ3n) is 4.65. The minimum atomic E-state index is -3.80. The van der Waals surface area contributed by atoms with Gasteiger partial charge in [0.25, 0.3) is 0 Å². The van der Waals surface area contributed by atoms with E-state index in [1.54, 1.807) is 6.07 Å². The molecule has 1 saturated carbocycles. The summed E-state index contributed by atoms with van der Waals surface area (Å²) in [7, 11) is -3.80. The molecule has 0 aromatic heterocycles. The van der Waals surface area contributed by atoms with Crippen molar-refractivity contribution in [3.8, 4) is 16.9 Å². The van der Waals surface area contributed by atoms with Gasteiger partial charge < -0.3 is 10.2 Å². The van der Waals surface area contributed by atoms with Crippen molar-refractivity contribution in [3.05, 3.63) is 48.0 Å². The van der Waals surface area contributed by atoms with Gasteiger partial charge in [-0.05, 0) is 55.9 Å². The fourth-order valence-corrected chi connectivity index (χ4v) is 4.53. The predicted molar refractivity (Wildman–Crippen MR) is 96.9 cm³/mol. The third-order valence-corrected chi connectivity index (χ3v) is 6.22. The molecule has 0 saturated heterocycles. The molecule has 3 N–H and O–H groups in total. The number of rotatable bonds is 4. The Hall–Kier alpha value is -1.89. The maximum absolute atomic E-state index is 12.6. The lowest BCUT2D eigenvalue weighted by atomic mass is 9.94. The zero-order chi connectivity index (χ0) is 18.0. The Bertz CT molecular complexity index is 838. The fraction of sp³-hybridized carbons (Fsp3) is 0.368. The molecule has 2 aromatic rings. The number of phenols is 1. The lowest BCUT2D eigenvalue weighted by Crippen LogP contribution is -2.38. The van der Waals surface area contributed by atoms with Gasteiger partial charge in [0.1, 0.15) is 10.6 Å². The van der Waals surface area contributed by atoms with Crippen LogP contribution >= 0.6 is 0 Å². The fourth-order valence-electron chi connectivity index (χ4n) is 3.15. The molecule has 0 radical (unpaired) electrons. The summed E-state index contributed by atoms with van der Waals surface area (Å²) in [4.78, 5) is -0.116. The van der Waals surface area contributed by atoms with Gasteiger partial charge in [0.2, 0.25) is 10.0 Å². The topological polar surface area (TPSA) is 86.6 Å². The van der Waals surface area contributed by atoms with E-state index in [2.05, 4.69) is 4.72 Å². The van der Waals surface area contributed by atoms with Crippen LogP contribution in [-0.4, -0.2) is 30.8 Å². The van der Waals surface area contributed by atoms with Crippen LogP contribution < -0.4 is 4.72 Å². The number of hydrogen-bond donors (Lipinski definition) is 3. The molecule has 134 valence electrons. The van der Waals surface area contributed by atoms with Crippen LogP contribution in [-0.2, 0) is 10.0 Å². The standard InChI is InChI=1S/C19H23NO4S/c1-13-2-4-14(5-3-13)15-6-11-19(18(22)12-15)25(23,24)20-16-7-9-17(21)10-8-16/h2-6,11-12,16-17,20-22H,7-10H2,1H3. The average Bonchev–Trinajstić information content (AvgIpc) is 2.57. The van der Waals surface area contributed by atoms with Gasteiger partial charge in [0.05, 0.1) is 6.10 Å². The quantitative estimate of drug-likeness (QED) is 0.781. The van der Waals surface area contributed by atoms with Gasteiger partial charge in [-0.25, -0.2) is 13.1 Å². The highest BCUT2D eigenvalue weighted by atomic mass is 32.2. The summed E-state index contributed by atoms with van der Waals surface area (Å²) < 4.78 is 27.8. The second-order valence-corrected chi connectivity index (χ2v) is 8.36. The molecule has 1 fully saturated rings. The number of aryl methyl sites for hydroxylation is 1. The molecule has 2 aromatic carbocycles. The summed E-state index contributed by atoms with van der Waals surface area (Å²) >= 11 is 0. The van der Waals surface area contributed by atoms with Crippen molar-refractivity contribution < 1.29 is 18.6 Å². The van der Waals surface area contributed by atoms with Crippen LogP contribution in [0.1, 0.15) is 31.2 Å². The number of hydrogen-bond acceptors (Lipinski definition) is 4. The molecule has 0 heterocycles. The maximum atomic E-state index is 12.6. The van der Waals surface area contributed by atoms with Crippen molar-refractivity contribution in [1.29, 1.82) is 0 Å². The highest BCUT2D eigenvalue weighted by Crippen LogP contribution is 2.30. The van der Waals surface area contributed by atoms with Gasteiger partial charge >= 0.3 is 0 Å². The first-order chi connectivity index (χ1) is 11.8. The van der Waals surface area contributed by atoms with Crippen LogP contribution in [0.5, 0.6) is 5.75 Å². The van der Waals surface area contributed by atoms with Gasteiger partial charge in [0.15, 0.2) is 0 Å². The van der Waals surface area contributed by atoms with E-state index in [1.807, 2.05) is 31.2 Å². The van der Waals surface area contributed by atoms with Gasteiger partial charge in [-0.3, -0.25) is 0 Å². The van der Waals surface area contributed by atoms with E-state index in [0.717, 1.165) is 16.7 Å². The number of aromatic hydroxyl groups is 1. The first kappa shape index (κ1) is 17.9. The largest absolute Gasteiger partial charge is 0.507 e. The van der Waals surface area contributed by atoms with E-state index >= 15 is 0 Å². The van der Waals surface area contributed by atoms with Crippen molar-refractivity contribution >= 4 is 10.0 Å². The molecule has 5 nitrogen and oxygen atoms in total. The van der Waals surface area contributed by atoms with E-state index in [1.165, 1.54) is 12.1 Å². The first-order valence-corrected chi connectivity index (χ1v) is 9.94. The third kappa shape index (κ3) is 4.21. The summed E-state index contributed by atoms with van der Waals surface area (Å²) in [5.41, 5.74) is 2.81. The van der Waals surface area contributed by atoms with Crippen LogP contribution in [0.4, 0.5) is 0 Å². The molecule has 0 aliphatic heterocycles. The lowest BCUT2D eigenvalue weighted by molar-refractivity contribution is 0.120. The molecule has 0 atom stereocenters. The summed E-state index contributed by atoms with van der Waals surface area (Å²) in [5, 5.41) is 19.8. The SMILES string of the molecule is Cc1ccc(-c2ccc(S(=O)(=O)NC3CCC(O)CC3)c(O)c2)cc1. The smallest absolute Gasteiger partial charge is 0.244 e. The summed E-state index contributed by atoms with van der Waals surface area (Å²) in [6.07, 6.45) is 2.03. The molecule has 0 spiro atoms. The number of aliphatic hydroxyl groups excluding tert-OH is 1. The van der Waals surface area contributed by atoms with Crippen molar-refractivity contribution in [3.63, 3.8) is 0 Å². The number of sulfonamides is 1. The second kappa shape index (κ2) is 7.15.